The molecule has 1 heterocycles. The van der Waals surface area contributed by atoms with E-state index in [-0.39, 0.29) is 6.04 Å². The average Bonchev–Trinajstić information content (AvgIpc) is 2.78. The van der Waals surface area contributed by atoms with Gasteiger partial charge in [-0.3, -0.25) is 0 Å². The molecule has 0 bridgehead atoms. The first-order valence-electron chi connectivity index (χ1n) is 6.04. The van der Waals surface area contributed by atoms with Gasteiger partial charge in [0.1, 0.15) is 5.82 Å². The van der Waals surface area contributed by atoms with Crippen molar-refractivity contribution in [3.63, 3.8) is 0 Å². The van der Waals surface area contributed by atoms with Crippen LogP contribution in [0.1, 0.15) is 29.9 Å². The zero-order valence-corrected chi connectivity index (χ0v) is 10.4. The topological polar surface area (TPSA) is 43.8 Å². The molecule has 0 amide bonds. The fourth-order valence-electron chi connectivity index (χ4n) is 2.19. The van der Waals surface area contributed by atoms with Crippen LogP contribution in [0.25, 0.3) is 0 Å². The summed E-state index contributed by atoms with van der Waals surface area (Å²) in [7, 11) is 0. The van der Waals surface area contributed by atoms with Crippen molar-refractivity contribution in [2.75, 3.05) is 6.54 Å². The number of hydrogen-bond donors (Lipinski definition) is 1. The second kappa shape index (κ2) is 5.15. The predicted molar refractivity (Wildman–Crippen MR) is 70.0 cm³/mol. The molecule has 2 N–H and O–H groups in total. The van der Waals surface area contributed by atoms with Crippen LogP contribution in [0.5, 0.6) is 0 Å². The standard InChI is InChI=1S/C14H19N3/c1-3-14-16-7-8-17(14)13(10-15)12-6-4-5-11(2)9-12/h4-9,13H,3,10,15H2,1-2H3. The van der Waals surface area contributed by atoms with Crippen LogP contribution in [0.4, 0.5) is 0 Å². The first-order valence-corrected chi connectivity index (χ1v) is 6.04. The summed E-state index contributed by atoms with van der Waals surface area (Å²) in [5, 5.41) is 0. The third-order valence-electron chi connectivity index (χ3n) is 3.05. The highest BCUT2D eigenvalue weighted by atomic mass is 15.1. The van der Waals surface area contributed by atoms with E-state index in [9.17, 15) is 0 Å². The van der Waals surface area contributed by atoms with Gasteiger partial charge >= 0.3 is 0 Å². The Kier molecular flexibility index (Phi) is 3.59. The Morgan fingerprint density at radius 1 is 1.41 bits per heavy atom. The van der Waals surface area contributed by atoms with E-state index in [2.05, 4.69) is 47.7 Å². The second-order valence-corrected chi connectivity index (χ2v) is 4.27. The molecule has 2 aromatic rings. The van der Waals surface area contributed by atoms with Crippen LogP contribution in [0.3, 0.4) is 0 Å². The smallest absolute Gasteiger partial charge is 0.108 e. The van der Waals surface area contributed by atoms with Crippen molar-refractivity contribution >= 4 is 0 Å². The first-order chi connectivity index (χ1) is 8.26. The molecule has 0 aliphatic rings. The van der Waals surface area contributed by atoms with Crippen LogP contribution in [0.2, 0.25) is 0 Å². The third kappa shape index (κ3) is 2.39. The third-order valence-corrected chi connectivity index (χ3v) is 3.05. The van der Waals surface area contributed by atoms with E-state index in [0.29, 0.717) is 6.54 Å². The van der Waals surface area contributed by atoms with Crippen molar-refractivity contribution < 1.29 is 0 Å². The van der Waals surface area contributed by atoms with Crippen LogP contribution in [-0.4, -0.2) is 16.1 Å². The molecule has 17 heavy (non-hydrogen) atoms. The summed E-state index contributed by atoms with van der Waals surface area (Å²) in [6.45, 7) is 4.81. The van der Waals surface area contributed by atoms with E-state index in [1.165, 1.54) is 11.1 Å². The molecule has 0 aliphatic carbocycles. The Labute approximate surface area is 102 Å². The van der Waals surface area contributed by atoms with E-state index in [4.69, 9.17) is 5.73 Å². The zero-order valence-electron chi connectivity index (χ0n) is 10.4. The van der Waals surface area contributed by atoms with E-state index >= 15 is 0 Å². The van der Waals surface area contributed by atoms with Gasteiger partial charge in [0.25, 0.3) is 0 Å². The van der Waals surface area contributed by atoms with Crippen molar-refractivity contribution in [1.29, 1.82) is 0 Å². The van der Waals surface area contributed by atoms with Gasteiger partial charge in [-0.05, 0) is 12.5 Å². The second-order valence-electron chi connectivity index (χ2n) is 4.27. The summed E-state index contributed by atoms with van der Waals surface area (Å²) in [5.74, 6) is 1.09. The molecule has 1 aromatic heterocycles. The lowest BCUT2D eigenvalue weighted by molar-refractivity contribution is 0.568. The average molecular weight is 229 g/mol. The van der Waals surface area contributed by atoms with E-state index in [1.54, 1.807) is 0 Å². The summed E-state index contributed by atoms with van der Waals surface area (Å²) in [5.41, 5.74) is 8.43. The van der Waals surface area contributed by atoms with Crippen LogP contribution in [0.15, 0.2) is 36.7 Å². The number of rotatable bonds is 4. The summed E-state index contributed by atoms with van der Waals surface area (Å²) < 4.78 is 2.18. The molecule has 0 saturated heterocycles. The van der Waals surface area contributed by atoms with Crippen LogP contribution >= 0.6 is 0 Å². The molecule has 0 aliphatic heterocycles. The molecule has 1 aromatic carbocycles. The summed E-state index contributed by atoms with van der Waals surface area (Å²) in [6.07, 6.45) is 4.78. The van der Waals surface area contributed by atoms with Gasteiger partial charge in [-0.25, -0.2) is 4.98 Å². The van der Waals surface area contributed by atoms with Gasteiger partial charge in [0, 0.05) is 25.4 Å². The van der Waals surface area contributed by atoms with Crippen LogP contribution < -0.4 is 5.73 Å². The van der Waals surface area contributed by atoms with Gasteiger partial charge < -0.3 is 10.3 Å². The number of nitrogens with two attached hydrogens (primary N) is 1. The zero-order chi connectivity index (χ0) is 12.3. The minimum absolute atomic E-state index is 0.187. The molecule has 3 heteroatoms. The highest BCUT2D eigenvalue weighted by Crippen LogP contribution is 2.20. The molecule has 1 atom stereocenters. The normalized spacial score (nSPS) is 12.6. The van der Waals surface area contributed by atoms with Crippen LogP contribution in [0, 0.1) is 6.92 Å². The highest BCUT2D eigenvalue weighted by Gasteiger charge is 2.14. The SMILES string of the molecule is CCc1nccn1C(CN)c1cccc(C)c1. The number of benzene rings is 1. The first kappa shape index (κ1) is 11.9. The summed E-state index contributed by atoms with van der Waals surface area (Å²) in [4.78, 5) is 4.36. The van der Waals surface area contributed by atoms with E-state index < -0.39 is 0 Å². The maximum atomic E-state index is 5.92. The van der Waals surface area contributed by atoms with Gasteiger partial charge in [0.05, 0.1) is 6.04 Å². The summed E-state index contributed by atoms with van der Waals surface area (Å²) in [6, 6.07) is 8.69. The van der Waals surface area contributed by atoms with E-state index in [0.717, 1.165) is 12.2 Å². The molecule has 2 rings (SSSR count). The van der Waals surface area contributed by atoms with Crippen molar-refractivity contribution in [2.24, 2.45) is 5.73 Å². The minimum Gasteiger partial charge on any atom is -0.328 e. The molecule has 3 nitrogen and oxygen atoms in total. The van der Waals surface area contributed by atoms with Gasteiger partial charge in [0.2, 0.25) is 0 Å². The molecule has 1 unspecified atom stereocenters. The Morgan fingerprint density at radius 2 is 2.24 bits per heavy atom. The lowest BCUT2D eigenvalue weighted by Gasteiger charge is -2.19. The monoisotopic (exact) mass is 229 g/mol. The maximum Gasteiger partial charge on any atom is 0.108 e. The molecule has 0 saturated carbocycles. The van der Waals surface area contributed by atoms with Crippen molar-refractivity contribution in [3.8, 4) is 0 Å². The molecule has 0 fully saturated rings. The Balaban J connectivity index is 2.40. The van der Waals surface area contributed by atoms with Crippen molar-refractivity contribution in [1.82, 2.24) is 9.55 Å². The number of imidazole rings is 1. The minimum atomic E-state index is 0.187. The molecular weight excluding hydrogens is 210 g/mol. The Morgan fingerprint density at radius 3 is 2.88 bits per heavy atom. The fourth-order valence-corrected chi connectivity index (χ4v) is 2.19. The fraction of sp³-hybridized carbons (Fsp3) is 0.357. The quantitative estimate of drug-likeness (QED) is 0.874. The number of aryl methyl sites for hydroxylation is 2. The van der Waals surface area contributed by atoms with Gasteiger partial charge in [-0.2, -0.15) is 0 Å². The van der Waals surface area contributed by atoms with E-state index in [1.807, 2.05) is 12.4 Å². The van der Waals surface area contributed by atoms with Crippen molar-refractivity contribution in [2.45, 2.75) is 26.3 Å². The molecule has 90 valence electrons. The van der Waals surface area contributed by atoms with Crippen LogP contribution in [-0.2, 0) is 6.42 Å². The Bertz CT molecular complexity index is 488. The molecule has 0 radical (unpaired) electrons. The van der Waals surface area contributed by atoms with Gasteiger partial charge in [-0.1, -0.05) is 36.8 Å². The molecular formula is C14H19N3. The largest absolute Gasteiger partial charge is 0.328 e. The Hall–Kier alpha value is -1.61. The van der Waals surface area contributed by atoms with Gasteiger partial charge in [0.15, 0.2) is 0 Å². The number of nitrogens with zero attached hydrogens (tertiary/aromatic N) is 2. The van der Waals surface area contributed by atoms with Gasteiger partial charge in [-0.15, -0.1) is 0 Å². The molecule has 0 spiro atoms. The number of hydrogen-bond acceptors (Lipinski definition) is 2. The highest BCUT2D eigenvalue weighted by molar-refractivity contribution is 5.26. The maximum absolute atomic E-state index is 5.92. The van der Waals surface area contributed by atoms with Crippen molar-refractivity contribution in [3.05, 3.63) is 53.6 Å². The number of aromatic nitrogens is 2. The lowest BCUT2D eigenvalue weighted by atomic mass is 10.0. The predicted octanol–water partition coefficient (Wildman–Crippen LogP) is 2.30. The summed E-state index contributed by atoms with van der Waals surface area (Å²) >= 11 is 0. The lowest BCUT2D eigenvalue weighted by Crippen LogP contribution is -2.21.